The molecule has 2 aromatic rings. The quantitative estimate of drug-likeness (QED) is 0.507. The van der Waals surface area contributed by atoms with Crippen LogP contribution in [-0.2, 0) is 16.6 Å². The summed E-state index contributed by atoms with van der Waals surface area (Å²) in [5, 5.41) is 0. The van der Waals surface area contributed by atoms with Gasteiger partial charge in [-0.05, 0) is 18.9 Å². The van der Waals surface area contributed by atoms with Crippen LogP contribution in [0, 0.1) is 5.82 Å². The van der Waals surface area contributed by atoms with Gasteiger partial charge in [0.15, 0.2) is 5.82 Å². The van der Waals surface area contributed by atoms with Gasteiger partial charge in [-0.2, -0.15) is 0 Å². The van der Waals surface area contributed by atoms with E-state index in [2.05, 4.69) is 9.97 Å². The first-order valence-electron chi connectivity index (χ1n) is 9.97. The van der Waals surface area contributed by atoms with Crippen LogP contribution in [0.4, 0.5) is 30.7 Å². The molecule has 0 unspecified atom stereocenters. The molecular weight excluding hydrogens is 445 g/mol. The summed E-state index contributed by atoms with van der Waals surface area (Å²) >= 11 is 0. The molecule has 1 heterocycles. The number of fused-ring (bicyclic) bond motifs is 1. The number of carbonyl (C=O) groups excluding carboxylic acids is 1. The first-order valence-corrected chi connectivity index (χ1v) is 9.97. The van der Waals surface area contributed by atoms with Crippen molar-refractivity contribution in [1.29, 1.82) is 0 Å². The van der Waals surface area contributed by atoms with Crippen molar-refractivity contribution in [3.05, 3.63) is 29.3 Å². The normalized spacial score (nSPS) is 18.6. The van der Waals surface area contributed by atoms with Gasteiger partial charge in [0, 0.05) is 43.2 Å². The molecule has 5 nitrogen and oxygen atoms in total. The molecule has 1 aromatic heterocycles. The van der Waals surface area contributed by atoms with E-state index in [0.29, 0.717) is 0 Å². The summed E-state index contributed by atoms with van der Waals surface area (Å²) in [6.45, 7) is 0. The Morgan fingerprint density at radius 2 is 1.66 bits per heavy atom. The van der Waals surface area contributed by atoms with Crippen molar-refractivity contribution in [2.75, 3.05) is 0 Å². The number of aromatic nitrogens is 2. The van der Waals surface area contributed by atoms with Gasteiger partial charge in [-0.25, -0.2) is 35.7 Å². The van der Waals surface area contributed by atoms with E-state index < -0.39 is 72.7 Å². The highest BCUT2D eigenvalue weighted by atomic mass is 19.3. The highest BCUT2D eigenvalue weighted by Crippen LogP contribution is 2.41. The lowest BCUT2D eigenvalue weighted by atomic mass is 9.74. The number of hydrogen-bond donors (Lipinski definition) is 3. The molecule has 1 saturated carbocycles. The molecule has 0 spiro atoms. The first-order chi connectivity index (χ1) is 14.8. The second kappa shape index (κ2) is 8.53. The summed E-state index contributed by atoms with van der Waals surface area (Å²) < 4.78 is 94.9. The Labute approximate surface area is 178 Å². The largest absolute Gasteiger partial charge is 0.369 e. The van der Waals surface area contributed by atoms with Crippen molar-refractivity contribution >= 4 is 16.9 Å². The van der Waals surface area contributed by atoms with Gasteiger partial charge >= 0.3 is 0 Å². The minimum atomic E-state index is -3.20. The van der Waals surface area contributed by atoms with Crippen LogP contribution in [0.2, 0.25) is 0 Å². The lowest BCUT2D eigenvalue weighted by Crippen LogP contribution is -2.48. The molecule has 0 bridgehead atoms. The van der Waals surface area contributed by atoms with Crippen molar-refractivity contribution in [3.63, 3.8) is 0 Å². The Bertz CT molecular complexity index is 972. The van der Waals surface area contributed by atoms with Crippen molar-refractivity contribution < 1.29 is 35.5 Å². The molecule has 1 aliphatic rings. The highest BCUT2D eigenvalue weighted by molar-refractivity contribution is 5.89. The molecule has 1 fully saturated rings. The van der Waals surface area contributed by atoms with Gasteiger partial charge < -0.3 is 16.5 Å². The third kappa shape index (κ3) is 4.84. The van der Waals surface area contributed by atoms with Gasteiger partial charge in [0.05, 0.1) is 10.9 Å². The lowest BCUT2D eigenvalue weighted by molar-refractivity contribution is -0.127. The molecule has 1 aliphatic carbocycles. The van der Waals surface area contributed by atoms with E-state index in [0.717, 1.165) is 6.07 Å². The average Bonchev–Trinajstić information content (AvgIpc) is 3.06. The molecule has 0 atom stereocenters. The highest BCUT2D eigenvalue weighted by Gasteiger charge is 2.46. The van der Waals surface area contributed by atoms with Gasteiger partial charge in [-0.3, -0.25) is 4.79 Å². The predicted molar refractivity (Wildman–Crippen MR) is 102 cm³/mol. The molecule has 0 radical (unpaired) electrons. The molecule has 178 valence electrons. The van der Waals surface area contributed by atoms with E-state index in [1.54, 1.807) is 0 Å². The average molecular weight is 468 g/mol. The molecule has 5 N–H and O–H groups in total. The minimum Gasteiger partial charge on any atom is -0.369 e. The summed E-state index contributed by atoms with van der Waals surface area (Å²) in [4.78, 5) is 18.9. The summed E-state index contributed by atoms with van der Waals surface area (Å²) in [6.07, 6.45) is -9.92. The smallest absolute Gasteiger partial charge is 0.248 e. The zero-order valence-electron chi connectivity index (χ0n) is 16.9. The number of nitrogens with two attached hydrogens (primary N) is 2. The second-order valence-electron chi connectivity index (χ2n) is 8.54. The number of primary amides is 1. The number of nitrogens with zero attached hydrogens (tertiary/aromatic N) is 1. The van der Waals surface area contributed by atoms with E-state index in [1.807, 2.05) is 0 Å². The zero-order chi connectivity index (χ0) is 23.9. The predicted octanol–water partition coefficient (Wildman–Crippen LogP) is 4.18. The molecule has 12 heteroatoms. The maximum Gasteiger partial charge on any atom is 0.248 e. The summed E-state index contributed by atoms with van der Waals surface area (Å²) in [5.74, 6) is -5.37. The Hall–Kier alpha value is -2.37. The fraction of sp³-hybridized carbons (Fsp3) is 0.600. The lowest BCUT2D eigenvalue weighted by Gasteiger charge is -2.36. The molecule has 1 aromatic carbocycles. The Morgan fingerprint density at radius 1 is 1.09 bits per heavy atom. The number of imidazole rings is 1. The van der Waals surface area contributed by atoms with Crippen LogP contribution in [-0.4, -0.2) is 40.2 Å². The fourth-order valence-electron chi connectivity index (χ4n) is 4.33. The number of amides is 1. The van der Waals surface area contributed by atoms with E-state index in [4.69, 9.17) is 11.5 Å². The van der Waals surface area contributed by atoms with Gasteiger partial charge in [0.25, 0.3) is 0 Å². The summed E-state index contributed by atoms with van der Waals surface area (Å²) in [7, 11) is 0. The van der Waals surface area contributed by atoms with Gasteiger partial charge in [0.2, 0.25) is 24.7 Å². The number of H-pyrrole nitrogens is 1. The molecule has 0 aliphatic heterocycles. The van der Waals surface area contributed by atoms with Crippen molar-refractivity contribution in [2.24, 2.45) is 11.5 Å². The van der Waals surface area contributed by atoms with Gasteiger partial charge in [0.1, 0.15) is 11.3 Å². The first kappa shape index (κ1) is 24.3. The van der Waals surface area contributed by atoms with Crippen molar-refractivity contribution in [1.82, 2.24) is 9.97 Å². The number of nitrogens with one attached hydrogen (secondary N) is 1. The molecule has 0 saturated heterocycles. The van der Waals surface area contributed by atoms with Crippen LogP contribution in [0.15, 0.2) is 12.1 Å². The molecule has 1 amide bonds. The number of halogens is 7. The number of rotatable bonds is 8. The van der Waals surface area contributed by atoms with Crippen LogP contribution in [0.3, 0.4) is 0 Å². The van der Waals surface area contributed by atoms with E-state index in [-0.39, 0.29) is 36.1 Å². The Kier molecular flexibility index (Phi) is 6.47. The zero-order valence-corrected chi connectivity index (χ0v) is 16.9. The number of alkyl halides is 6. The third-order valence-corrected chi connectivity index (χ3v) is 6.13. The topological polar surface area (TPSA) is 97.8 Å². The maximum absolute atomic E-state index is 15.3. The number of benzene rings is 1. The number of hydrogen-bond acceptors (Lipinski definition) is 3. The van der Waals surface area contributed by atoms with Crippen LogP contribution in [0.5, 0.6) is 0 Å². The number of aromatic amines is 1. The maximum atomic E-state index is 15.3. The van der Waals surface area contributed by atoms with Crippen LogP contribution < -0.4 is 11.5 Å². The van der Waals surface area contributed by atoms with E-state index in [9.17, 15) is 31.1 Å². The van der Waals surface area contributed by atoms with Crippen molar-refractivity contribution in [3.8, 4) is 0 Å². The Morgan fingerprint density at radius 3 is 2.16 bits per heavy atom. The molecule has 32 heavy (non-hydrogen) atoms. The third-order valence-electron chi connectivity index (χ3n) is 6.13. The Balaban J connectivity index is 2.00. The minimum absolute atomic E-state index is 0.0122. The molecular formula is C20H23F7N4O. The fourth-order valence-corrected chi connectivity index (χ4v) is 4.33. The molecule has 3 rings (SSSR count). The summed E-state index contributed by atoms with van der Waals surface area (Å²) in [5.41, 5.74) is 6.82. The van der Waals surface area contributed by atoms with E-state index in [1.165, 1.54) is 6.07 Å². The standard InChI is InChI=1S/C20H23F7N4O/c21-12(22)7-19(17(28)32,8-13(23)24)10-1-2-11-16(15(10)25)31-14(30-11)9-18(29)3-5-20(26,27)6-4-18/h1-2,12-13H,3-9,29H2,(H2,28,32)(H,30,31). The van der Waals surface area contributed by atoms with Crippen LogP contribution >= 0.6 is 0 Å². The summed E-state index contributed by atoms with van der Waals surface area (Å²) in [6, 6.07) is 2.17. The monoisotopic (exact) mass is 468 g/mol. The van der Waals surface area contributed by atoms with Gasteiger partial charge in [-0.15, -0.1) is 0 Å². The van der Waals surface area contributed by atoms with Crippen LogP contribution in [0.25, 0.3) is 11.0 Å². The van der Waals surface area contributed by atoms with Crippen LogP contribution in [0.1, 0.15) is 49.9 Å². The van der Waals surface area contributed by atoms with E-state index >= 15 is 4.39 Å². The SMILES string of the molecule is NC(=O)C(CC(F)F)(CC(F)F)c1ccc2[nH]c(CC3(N)CCC(F)(F)CC3)nc2c1F. The number of carbonyl (C=O) groups is 1. The van der Waals surface area contributed by atoms with Gasteiger partial charge in [-0.1, -0.05) is 6.07 Å². The second-order valence-corrected chi connectivity index (χ2v) is 8.54. The van der Waals surface area contributed by atoms with Crippen molar-refractivity contribution in [2.45, 2.75) is 74.7 Å².